The van der Waals surface area contributed by atoms with Crippen molar-refractivity contribution in [1.82, 2.24) is 10.2 Å². The van der Waals surface area contributed by atoms with Gasteiger partial charge in [-0.05, 0) is 58.9 Å². The summed E-state index contributed by atoms with van der Waals surface area (Å²) in [6.45, 7) is 9.40. The van der Waals surface area contributed by atoms with Crippen molar-refractivity contribution in [3.63, 3.8) is 0 Å². The summed E-state index contributed by atoms with van der Waals surface area (Å²) in [6, 6.07) is 0.847. The van der Waals surface area contributed by atoms with Gasteiger partial charge < -0.3 is 10.2 Å². The summed E-state index contributed by atoms with van der Waals surface area (Å²) in [6.07, 6.45) is 14.4. The Morgan fingerprint density at radius 2 is 1.52 bits per heavy atom. The van der Waals surface area contributed by atoms with Crippen LogP contribution in [-0.4, -0.2) is 36.6 Å². The van der Waals surface area contributed by atoms with Crippen molar-refractivity contribution < 1.29 is 0 Å². The van der Waals surface area contributed by atoms with Crippen molar-refractivity contribution >= 4 is 0 Å². The maximum absolute atomic E-state index is 3.80. The molecule has 124 valence electrons. The fourth-order valence-electron chi connectivity index (χ4n) is 4.33. The quantitative estimate of drug-likeness (QED) is 0.746. The molecular formula is C19H38N2. The Balaban J connectivity index is 1.91. The van der Waals surface area contributed by atoms with Crippen LogP contribution in [0.25, 0.3) is 0 Å². The van der Waals surface area contributed by atoms with Crippen LogP contribution in [0, 0.1) is 5.41 Å². The van der Waals surface area contributed by atoms with E-state index >= 15 is 0 Å². The van der Waals surface area contributed by atoms with Crippen LogP contribution in [0.2, 0.25) is 0 Å². The highest BCUT2D eigenvalue weighted by atomic mass is 15.1. The molecule has 0 heterocycles. The van der Waals surface area contributed by atoms with Gasteiger partial charge in [0.15, 0.2) is 0 Å². The van der Waals surface area contributed by atoms with Crippen molar-refractivity contribution in [2.24, 2.45) is 5.41 Å². The average molecular weight is 295 g/mol. The van der Waals surface area contributed by atoms with E-state index in [1.165, 1.54) is 77.3 Å². The lowest BCUT2D eigenvalue weighted by molar-refractivity contribution is 0.119. The normalized spacial score (nSPS) is 24.4. The Labute approximate surface area is 133 Å². The minimum atomic E-state index is 0.247. The van der Waals surface area contributed by atoms with Gasteiger partial charge in [0.2, 0.25) is 0 Å². The van der Waals surface area contributed by atoms with E-state index in [-0.39, 0.29) is 5.54 Å². The summed E-state index contributed by atoms with van der Waals surface area (Å²) in [4.78, 5) is 2.72. The Morgan fingerprint density at radius 3 is 2.05 bits per heavy atom. The average Bonchev–Trinajstić information content (AvgIpc) is 2.70. The first-order valence-corrected chi connectivity index (χ1v) is 9.36. The fourth-order valence-corrected chi connectivity index (χ4v) is 4.33. The van der Waals surface area contributed by atoms with Crippen molar-refractivity contribution in [3.8, 4) is 0 Å². The van der Waals surface area contributed by atoms with Gasteiger partial charge in [-0.25, -0.2) is 0 Å². The number of hydrogen-bond acceptors (Lipinski definition) is 2. The van der Waals surface area contributed by atoms with Gasteiger partial charge in [0, 0.05) is 24.7 Å². The van der Waals surface area contributed by atoms with Crippen molar-refractivity contribution in [1.29, 1.82) is 0 Å². The third-order valence-electron chi connectivity index (χ3n) is 5.69. The molecule has 21 heavy (non-hydrogen) atoms. The summed E-state index contributed by atoms with van der Waals surface area (Å²) < 4.78 is 0. The lowest BCUT2D eigenvalue weighted by Gasteiger charge is -2.39. The van der Waals surface area contributed by atoms with Gasteiger partial charge in [-0.1, -0.05) is 38.5 Å². The SMILES string of the molecule is CN(CC1(CNC(C)(C)C)CCCC1)C1CCCCCC1. The molecule has 2 rings (SSSR count). The monoisotopic (exact) mass is 294 g/mol. The Bertz CT molecular complexity index is 291. The molecule has 0 aromatic carbocycles. The Kier molecular flexibility index (Phi) is 6.14. The number of nitrogens with zero attached hydrogens (tertiary/aromatic N) is 1. The zero-order valence-corrected chi connectivity index (χ0v) is 15.0. The maximum Gasteiger partial charge on any atom is 0.00967 e. The number of hydrogen-bond donors (Lipinski definition) is 1. The molecule has 0 saturated heterocycles. The molecule has 0 aromatic heterocycles. The van der Waals surface area contributed by atoms with Crippen LogP contribution in [0.1, 0.15) is 85.0 Å². The first kappa shape index (κ1) is 17.3. The fraction of sp³-hybridized carbons (Fsp3) is 1.00. The third-order valence-corrected chi connectivity index (χ3v) is 5.69. The van der Waals surface area contributed by atoms with E-state index < -0.39 is 0 Å². The van der Waals surface area contributed by atoms with E-state index in [0.717, 1.165) is 6.04 Å². The molecule has 2 aliphatic carbocycles. The van der Waals surface area contributed by atoms with E-state index in [9.17, 15) is 0 Å². The topological polar surface area (TPSA) is 15.3 Å². The van der Waals surface area contributed by atoms with Crippen molar-refractivity contribution in [3.05, 3.63) is 0 Å². The van der Waals surface area contributed by atoms with Crippen LogP contribution in [0.5, 0.6) is 0 Å². The molecule has 0 radical (unpaired) electrons. The predicted octanol–water partition coefficient (Wildman–Crippen LogP) is 4.59. The van der Waals surface area contributed by atoms with E-state index in [2.05, 4.69) is 38.0 Å². The van der Waals surface area contributed by atoms with Crippen LogP contribution < -0.4 is 5.32 Å². The van der Waals surface area contributed by atoms with E-state index in [0.29, 0.717) is 5.41 Å². The molecule has 2 fully saturated rings. The summed E-state index contributed by atoms with van der Waals surface area (Å²) in [5, 5.41) is 3.80. The molecule has 2 heteroatoms. The summed E-state index contributed by atoms with van der Waals surface area (Å²) in [5.41, 5.74) is 0.783. The molecule has 0 atom stereocenters. The largest absolute Gasteiger partial charge is 0.311 e. The van der Waals surface area contributed by atoms with Crippen molar-refractivity contribution in [2.45, 2.75) is 96.6 Å². The van der Waals surface area contributed by atoms with Gasteiger partial charge in [-0.3, -0.25) is 0 Å². The van der Waals surface area contributed by atoms with Crippen LogP contribution in [0.3, 0.4) is 0 Å². The van der Waals surface area contributed by atoms with Crippen LogP contribution in [0.4, 0.5) is 0 Å². The minimum Gasteiger partial charge on any atom is -0.311 e. The molecular weight excluding hydrogens is 256 g/mol. The smallest absolute Gasteiger partial charge is 0.00967 e. The molecule has 1 N–H and O–H groups in total. The van der Waals surface area contributed by atoms with E-state index in [1.54, 1.807) is 0 Å². The first-order chi connectivity index (χ1) is 9.90. The highest BCUT2D eigenvalue weighted by Crippen LogP contribution is 2.39. The minimum absolute atomic E-state index is 0.247. The molecule has 2 aliphatic rings. The van der Waals surface area contributed by atoms with Gasteiger partial charge in [-0.15, -0.1) is 0 Å². The molecule has 0 aromatic rings. The van der Waals surface area contributed by atoms with Gasteiger partial charge in [0.25, 0.3) is 0 Å². The second kappa shape index (κ2) is 7.46. The lowest BCUT2D eigenvalue weighted by atomic mass is 9.84. The predicted molar refractivity (Wildman–Crippen MR) is 92.8 cm³/mol. The number of nitrogens with one attached hydrogen (secondary N) is 1. The summed E-state index contributed by atoms with van der Waals surface area (Å²) in [5.74, 6) is 0. The summed E-state index contributed by atoms with van der Waals surface area (Å²) in [7, 11) is 2.40. The zero-order valence-electron chi connectivity index (χ0n) is 15.0. The van der Waals surface area contributed by atoms with Gasteiger partial charge in [0.05, 0.1) is 0 Å². The molecule has 2 nitrogen and oxygen atoms in total. The standard InChI is InChI=1S/C19H38N2/c1-18(2,3)20-15-19(13-9-10-14-19)16-21(4)17-11-7-5-6-8-12-17/h17,20H,5-16H2,1-4H3. The second-order valence-corrected chi connectivity index (χ2v) is 8.87. The van der Waals surface area contributed by atoms with E-state index in [1.807, 2.05) is 0 Å². The summed E-state index contributed by atoms with van der Waals surface area (Å²) >= 11 is 0. The molecule has 0 spiro atoms. The Hall–Kier alpha value is -0.0800. The van der Waals surface area contributed by atoms with Crippen molar-refractivity contribution in [2.75, 3.05) is 20.1 Å². The van der Waals surface area contributed by atoms with Crippen LogP contribution >= 0.6 is 0 Å². The molecule has 0 aliphatic heterocycles. The molecule has 0 amide bonds. The molecule has 2 saturated carbocycles. The highest BCUT2D eigenvalue weighted by Gasteiger charge is 2.36. The first-order valence-electron chi connectivity index (χ1n) is 9.36. The van der Waals surface area contributed by atoms with Crippen LogP contribution in [-0.2, 0) is 0 Å². The molecule has 0 unspecified atom stereocenters. The highest BCUT2D eigenvalue weighted by molar-refractivity contribution is 4.92. The maximum atomic E-state index is 3.80. The van der Waals surface area contributed by atoms with Gasteiger partial charge >= 0.3 is 0 Å². The van der Waals surface area contributed by atoms with Crippen LogP contribution in [0.15, 0.2) is 0 Å². The van der Waals surface area contributed by atoms with E-state index in [4.69, 9.17) is 0 Å². The Morgan fingerprint density at radius 1 is 0.952 bits per heavy atom. The lowest BCUT2D eigenvalue weighted by Crippen LogP contribution is -2.48. The third kappa shape index (κ3) is 5.56. The second-order valence-electron chi connectivity index (χ2n) is 8.87. The molecule has 0 bridgehead atoms. The van der Waals surface area contributed by atoms with Gasteiger partial charge in [-0.2, -0.15) is 0 Å². The zero-order chi connectivity index (χ0) is 15.3. The number of rotatable bonds is 5. The van der Waals surface area contributed by atoms with Gasteiger partial charge in [0.1, 0.15) is 0 Å².